The second-order valence-corrected chi connectivity index (χ2v) is 7.54. The SMILES string of the molecule is CC(C)N(CCCBr)S(=O)(=O)c1cccs1. The summed E-state index contributed by atoms with van der Waals surface area (Å²) in [7, 11) is -3.30. The fourth-order valence-electron chi connectivity index (χ4n) is 1.40. The highest BCUT2D eigenvalue weighted by molar-refractivity contribution is 9.09. The molecule has 0 amide bonds. The van der Waals surface area contributed by atoms with Crippen LogP contribution >= 0.6 is 27.3 Å². The monoisotopic (exact) mass is 325 g/mol. The van der Waals surface area contributed by atoms with E-state index < -0.39 is 10.0 Å². The summed E-state index contributed by atoms with van der Waals surface area (Å²) in [5.41, 5.74) is 0. The van der Waals surface area contributed by atoms with E-state index in [0.717, 1.165) is 11.8 Å². The molecule has 0 saturated heterocycles. The number of hydrogen-bond donors (Lipinski definition) is 0. The molecule has 0 aliphatic heterocycles. The number of hydrogen-bond acceptors (Lipinski definition) is 3. The van der Waals surface area contributed by atoms with E-state index in [1.165, 1.54) is 11.3 Å². The van der Waals surface area contributed by atoms with Crippen LogP contribution in [0, 0.1) is 0 Å². The van der Waals surface area contributed by atoms with Gasteiger partial charge in [0.25, 0.3) is 10.0 Å². The van der Waals surface area contributed by atoms with Crippen molar-refractivity contribution in [2.45, 2.75) is 30.5 Å². The molecule has 0 unspecified atom stereocenters. The van der Waals surface area contributed by atoms with Crippen molar-refractivity contribution in [2.75, 3.05) is 11.9 Å². The van der Waals surface area contributed by atoms with Crippen LogP contribution in [-0.2, 0) is 10.0 Å². The fourth-order valence-corrected chi connectivity index (χ4v) is 4.44. The van der Waals surface area contributed by atoms with Gasteiger partial charge >= 0.3 is 0 Å². The maximum absolute atomic E-state index is 12.3. The molecule has 1 aromatic heterocycles. The van der Waals surface area contributed by atoms with Gasteiger partial charge < -0.3 is 0 Å². The maximum atomic E-state index is 12.3. The number of sulfonamides is 1. The van der Waals surface area contributed by atoms with Crippen LogP contribution in [0.2, 0.25) is 0 Å². The van der Waals surface area contributed by atoms with E-state index in [0.29, 0.717) is 10.8 Å². The Kier molecular flexibility index (Phi) is 5.43. The van der Waals surface area contributed by atoms with Crippen molar-refractivity contribution in [1.82, 2.24) is 4.31 Å². The number of rotatable bonds is 6. The van der Waals surface area contributed by atoms with Crippen molar-refractivity contribution in [3.05, 3.63) is 17.5 Å². The molecule has 0 radical (unpaired) electrons. The molecule has 0 bridgehead atoms. The van der Waals surface area contributed by atoms with Crippen molar-refractivity contribution < 1.29 is 8.42 Å². The molecule has 6 heteroatoms. The van der Waals surface area contributed by atoms with Gasteiger partial charge in [-0.1, -0.05) is 22.0 Å². The van der Waals surface area contributed by atoms with E-state index in [1.807, 2.05) is 13.8 Å². The van der Waals surface area contributed by atoms with Gasteiger partial charge in [-0.25, -0.2) is 8.42 Å². The molecular formula is C10H16BrNO2S2. The molecule has 1 aromatic rings. The van der Waals surface area contributed by atoms with E-state index in [-0.39, 0.29) is 6.04 Å². The fraction of sp³-hybridized carbons (Fsp3) is 0.600. The second-order valence-electron chi connectivity index (χ2n) is 3.68. The lowest BCUT2D eigenvalue weighted by atomic mass is 10.4. The lowest BCUT2D eigenvalue weighted by Crippen LogP contribution is -2.37. The van der Waals surface area contributed by atoms with E-state index in [2.05, 4.69) is 15.9 Å². The highest BCUT2D eigenvalue weighted by Gasteiger charge is 2.26. The highest BCUT2D eigenvalue weighted by atomic mass is 79.9. The average Bonchev–Trinajstić information content (AvgIpc) is 2.70. The highest BCUT2D eigenvalue weighted by Crippen LogP contribution is 2.22. The summed E-state index contributed by atoms with van der Waals surface area (Å²) in [6, 6.07) is 3.41. The third-order valence-corrected chi connectivity index (χ3v) is 6.16. The van der Waals surface area contributed by atoms with Gasteiger partial charge in [-0.15, -0.1) is 11.3 Å². The van der Waals surface area contributed by atoms with Gasteiger partial charge in [0.05, 0.1) is 0 Å². The van der Waals surface area contributed by atoms with Crippen LogP contribution in [-0.4, -0.2) is 30.6 Å². The van der Waals surface area contributed by atoms with Crippen LogP contribution in [0.25, 0.3) is 0 Å². The van der Waals surface area contributed by atoms with Crippen molar-refractivity contribution in [2.24, 2.45) is 0 Å². The number of thiophene rings is 1. The summed E-state index contributed by atoms with van der Waals surface area (Å²) < 4.78 is 26.5. The predicted molar refractivity (Wildman–Crippen MR) is 71.8 cm³/mol. The van der Waals surface area contributed by atoms with Crippen LogP contribution in [0.5, 0.6) is 0 Å². The Morgan fingerprint density at radius 3 is 2.62 bits per heavy atom. The Labute approximate surface area is 110 Å². The summed E-state index contributed by atoms with van der Waals surface area (Å²) in [6.45, 7) is 4.36. The second kappa shape index (κ2) is 6.14. The van der Waals surface area contributed by atoms with Gasteiger partial charge in [-0.05, 0) is 31.7 Å². The summed E-state index contributed by atoms with van der Waals surface area (Å²) in [6.07, 6.45) is 0.822. The summed E-state index contributed by atoms with van der Waals surface area (Å²) in [5, 5.41) is 2.60. The summed E-state index contributed by atoms with van der Waals surface area (Å²) in [5.74, 6) is 0. The molecular weight excluding hydrogens is 310 g/mol. The van der Waals surface area contributed by atoms with Gasteiger partial charge in [-0.2, -0.15) is 4.31 Å². The minimum atomic E-state index is -3.30. The van der Waals surface area contributed by atoms with E-state index in [1.54, 1.807) is 21.8 Å². The van der Waals surface area contributed by atoms with Crippen molar-refractivity contribution >= 4 is 37.3 Å². The van der Waals surface area contributed by atoms with Crippen molar-refractivity contribution in [3.63, 3.8) is 0 Å². The quantitative estimate of drug-likeness (QED) is 0.754. The van der Waals surface area contributed by atoms with Crippen LogP contribution in [0.3, 0.4) is 0 Å². The Balaban J connectivity index is 2.94. The lowest BCUT2D eigenvalue weighted by molar-refractivity contribution is 0.356. The first-order chi connectivity index (χ1) is 7.50. The molecule has 92 valence electrons. The smallest absolute Gasteiger partial charge is 0.206 e. The topological polar surface area (TPSA) is 37.4 Å². The van der Waals surface area contributed by atoms with Crippen LogP contribution in [0.15, 0.2) is 21.7 Å². The van der Waals surface area contributed by atoms with Gasteiger partial charge in [-0.3, -0.25) is 0 Å². The third kappa shape index (κ3) is 3.29. The minimum absolute atomic E-state index is 0.00819. The van der Waals surface area contributed by atoms with Crippen LogP contribution in [0.4, 0.5) is 0 Å². The molecule has 1 heterocycles. The number of nitrogens with zero attached hydrogens (tertiary/aromatic N) is 1. The lowest BCUT2D eigenvalue weighted by Gasteiger charge is -2.24. The third-order valence-electron chi connectivity index (χ3n) is 2.15. The maximum Gasteiger partial charge on any atom is 0.252 e. The zero-order valence-electron chi connectivity index (χ0n) is 9.39. The Morgan fingerprint density at radius 1 is 1.50 bits per heavy atom. The normalized spacial score (nSPS) is 12.6. The Hall–Kier alpha value is 0.0900. The zero-order valence-corrected chi connectivity index (χ0v) is 12.6. The van der Waals surface area contributed by atoms with Crippen molar-refractivity contribution in [3.8, 4) is 0 Å². The van der Waals surface area contributed by atoms with Crippen molar-refractivity contribution in [1.29, 1.82) is 0 Å². The Bertz CT molecular complexity index is 400. The Morgan fingerprint density at radius 2 is 2.19 bits per heavy atom. The molecule has 0 spiro atoms. The minimum Gasteiger partial charge on any atom is -0.206 e. The van der Waals surface area contributed by atoms with E-state index in [4.69, 9.17) is 0 Å². The standard InChI is InChI=1S/C10H16BrNO2S2/c1-9(2)12(7-4-6-11)16(13,14)10-5-3-8-15-10/h3,5,8-9H,4,6-7H2,1-2H3. The molecule has 0 aromatic carbocycles. The summed E-state index contributed by atoms with van der Waals surface area (Å²) >= 11 is 4.59. The molecule has 0 aliphatic carbocycles. The largest absolute Gasteiger partial charge is 0.252 e. The van der Waals surface area contributed by atoms with Gasteiger partial charge in [0, 0.05) is 17.9 Å². The van der Waals surface area contributed by atoms with E-state index in [9.17, 15) is 8.42 Å². The first-order valence-electron chi connectivity index (χ1n) is 5.11. The number of halogens is 1. The number of alkyl halides is 1. The van der Waals surface area contributed by atoms with Crippen LogP contribution in [0.1, 0.15) is 20.3 Å². The molecule has 0 atom stereocenters. The van der Waals surface area contributed by atoms with Crippen LogP contribution < -0.4 is 0 Å². The molecule has 0 aliphatic rings. The first kappa shape index (κ1) is 14.2. The van der Waals surface area contributed by atoms with Gasteiger partial charge in [0.2, 0.25) is 0 Å². The molecule has 3 nitrogen and oxygen atoms in total. The van der Waals surface area contributed by atoms with E-state index >= 15 is 0 Å². The molecule has 1 rings (SSSR count). The first-order valence-corrected chi connectivity index (χ1v) is 8.55. The molecule has 16 heavy (non-hydrogen) atoms. The van der Waals surface area contributed by atoms with Gasteiger partial charge in [0.1, 0.15) is 4.21 Å². The molecule has 0 N–H and O–H groups in total. The zero-order chi connectivity index (χ0) is 12.2. The average molecular weight is 326 g/mol. The predicted octanol–water partition coefficient (Wildman–Crippen LogP) is 2.93. The molecule has 0 saturated carbocycles. The van der Waals surface area contributed by atoms with Gasteiger partial charge in [0.15, 0.2) is 0 Å². The molecule has 0 fully saturated rings. The summed E-state index contributed by atoms with van der Waals surface area (Å²) in [4.78, 5) is 0.